The predicted octanol–water partition coefficient (Wildman–Crippen LogP) is 14.7. The van der Waals surface area contributed by atoms with Gasteiger partial charge in [-0.15, -0.1) is 0 Å². The van der Waals surface area contributed by atoms with Crippen molar-refractivity contribution in [2.75, 3.05) is 55.2 Å². The second-order valence-corrected chi connectivity index (χ2v) is 24.4. The van der Waals surface area contributed by atoms with Crippen LogP contribution in [0.4, 0.5) is 17.1 Å². The molecule has 0 aliphatic rings. The smallest absolute Gasteiger partial charge is 0.251 e. The van der Waals surface area contributed by atoms with Crippen LogP contribution in [0.1, 0.15) is 67.0 Å². The third-order valence-electron chi connectivity index (χ3n) is 16.6. The number of rotatable bonds is 33. The van der Waals surface area contributed by atoms with Gasteiger partial charge in [0, 0.05) is 110 Å². The zero-order valence-corrected chi connectivity index (χ0v) is 57.4. The molecule has 13 rings (SSSR count). The average Bonchev–Trinajstić information content (AvgIpc) is 0.814. The number of hydrogen-bond donors (Lipinski definition) is 6. The molecular formula is C84H75N15O6. The van der Waals surface area contributed by atoms with Gasteiger partial charge in [0.1, 0.15) is 37.1 Å². The number of carbonyl (C=O) groups excluding carboxylic acids is 3. The Kier molecular flexibility index (Phi) is 23.7. The second kappa shape index (κ2) is 35.7. The van der Waals surface area contributed by atoms with Crippen LogP contribution in [0.25, 0.3) is 68.3 Å². The van der Waals surface area contributed by atoms with Gasteiger partial charge < -0.3 is 46.1 Å². The number of nitrogens with zero attached hydrogens (tertiary/aromatic N) is 9. The van der Waals surface area contributed by atoms with Gasteiger partial charge in [0.15, 0.2) is 0 Å². The Hall–Kier alpha value is -13.6. The van der Waals surface area contributed by atoms with Crippen LogP contribution >= 0.6 is 0 Å². The van der Waals surface area contributed by atoms with Crippen LogP contribution in [0.15, 0.2) is 274 Å². The lowest BCUT2D eigenvalue weighted by molar-refractivity contribution is 0.0945. The summed E-state index contributed by atoms with van der Waals surface area (Å²) >= 11 is 0. The molecule has 6 N–H and O–H groups in total. The van der Waals surface area contributed by atoms with E-state index in [1.807, 2.05) is 164 Å². The van der Waals surface area contributed by atoms with Gasteiger partial charge in [-0.1, -0.05) is 36.4 Å². The molecule has 0 saturated carbocycles. The van der Waals surface area contributed by atoms with Gasteiger partial charge in [-0.25, -0.2) is 15.0 Å². The SMILES string of the molecule is O=C(NCCCNc1cc(-c2ccccn2)nc(-c2ccccn2)c1)c1ccc(OCc2cc(COc3ccc(C(=O)NCCCNc4cc(-c5ccccn5)nc(-c5ccccn5)c4)cc3)cc(COc3ccc(C(=O)NCCCNc4cc(-c5ccccn5)nc(-c5ccccn5)c4)cc3)c2)cc1. The minimum atomic E-state index is -0.196. The molecule has 3 amide bonds. The molecule has 0 aliphatic heterocycles. The molecule has 0 saturated heterocycles. The minimum Gasteiger partial charge on any atom is -0.489 e. The monoisotopic (exact) mass is 1390 g/mol. The summed E-state index contributed by atoms with van der Waals surface area (Å²) in [6, 6.07) is 73.4. The highest BCUT2D eigenvalue weighted by Gasteiger charge is 2.16. The quantitative estimate of drug-likeness (QED) is 0.0209. The van der Waals surface area contributed by atoms with Crippen molar-refractivity contribution in [3.8, 4) is 85.6 Å². The lowest BCUT2D eigenvalue weighted by Crippen LogP contribution is -2.25. The van der Waals surface area contributed by atoms with Gasteiger partial charge in [0.2, 0.25) is 0 Å². The maximum Gasteiger partial charge on any atom is 0.251 e. The van der Waals surface area contributed by atoms with Gasteiger partial charge >= 0.3 is 0 Å². The van der Waals surface area contributed by atoms with E-state index in [0.717, 1.165) is 102 Å². The summed E-state index contributed by atoms with van der Waals surface area (Å²) in [5, 5.41) is 19.6. The molecular weight excluding hydrogens is 1320 g/mol. The van der Waals surface area contributed by atoms with E-state index < -0.39 is 0 Å². The molecule has 21 heteroatoms. The summed E-state index contributed by atoms with van der Waals surface area (Å²) in [5.41, 5.74) is 15.6. The number of ether oxygens (including phenoxy) is 3. The molecule has 0 radical (unpaired) electrons. The highest BCUT2D eigenvalue weighted by atomic mass is 16.5. The topological polar surface area (TPSA) is 267 Å². The molecule has 0 unspecified atom stereocenters. The third-order valence-corrected chi connectivity index (χ3v) is 16.6. The van der Waals surface area contributed by atoms with Crippen molar-refractivity contribution in [1.29, 1.82) is 0 Å². The highest BCUT2D eigenvalue weighted by molar-refractivity contribution is 5.95. The molecule has 0 atom stereocenters. The van der Waals surface area contributed by atoms with Gasteiger partial charge in [-0.3, -0.25) is 44.3 Å². The number of aromatic nitrogens is 9. The third kappa shape index (κ3) is 20.1. The van der Waals surface area contributed by atoms with Gasteiger partial charge in [0.25, 0.3) is 17.7 Å². The van der Waals surface area contributed by atoms with Crippen LogP contribution in [-0.4, -0.2) is 102 Å². The zero-order valence-electron chi connectivity index (χ0n) is 57.4. The molecule has 0 spiro atoms. The summed E-state index contributed by atoms with van der Waals surface area (Å²) in [4.78, 5) is 81.6. The summed E-state index contributed by atoms with van der Waals surface area (Å²) < 4.78 is 19.0. The summed E-state index contributed by atoms with van der Waals surface area (Å²) in [7, 11) is 0. The van der Waals surface area contributed by atoms with Gasteiger partial charge in [-0.05, 0) is 236 Å². The summed E-state index contributed by atoms with van der Waals surface area (Å²) in [6.45, 7) is 3.77. The molecule has 0 fully saturated rings. The predicted molar refractivity (Wildman–Crippen MR) is 407 cm³/mol. The van der Waals surface area contributed by atoms with Crippen molar-refractivity contribution in [3.05, 3.63) is 307 Å². The molecule has 0 bridgehead atoms. The first-order valence-electron chi connectivity index (χ1n) is 34.6. The van der Waals surface area contributed by atoms with Crippen molar-refractivity contribution in [2.24, 2.45) is 0 Å². The van der Waals surface area contributed by atoms with E-state index in [1.54, 1.807) is 110 Å². The number of benzene rings is 4. The summed E-state index contributed by atoms with van der Waals surface area (Å²) in [6.07, 6.45) is 12.5. The second-order valence-electron chi connectivity index (χ2n) is 24.4. The zero-order chi connectivity index (χ0) is 71.6. The number of pyridine rings is 9. The minimum absolute atomic E-state index is 0.196. The van der Waals surface area contributed by atoms with Crippen LogP contribution in [0, 0.1) is 0 Å². The first kappa shape index (κ1) is 69.9. The summed E-state index contributed by atoms with van der Waals surface area (Å²) in [5.74, 6) is 1.15. The average molecular weight is 1390 g/mol. The lowest BCUT2D eigenvalue weighted by atomic mass is 10.1. The molecule has 4 aromatic carbocycles. The highest BCUT2D eigenvalue weighted by Crippen LogP contribution is 2.30. The molecule has 0 aliphatic carbocycles. The molecule has 105 heavy (non-hydrogen) atoms. The largest absolute Gasteiger partial charge is 0.489 e. The molecule has 21 nitrogen and oxygen atoms in total. The Balaban J connectivity index is 0.602. The van der Waals surface area contributed by atoms with E-state index in [4.69, 9.17) is 29.2 Å². The van der Waals surface area contributed by atoms with Crippen molar-refractivity contribution >= 4 is 34.8 Å². The van der Waals surface area contributed by atoms with Crippen LogP contribution in [0.5, 0.6) is 17.2 Å². The fourth-order valence-electron chi connectivity index (χ4n) is 11.3. The van der Waals surface area contributed by atoms with E-state index in [9.17, 15) is 14.4 Å². The van der Waals surface area contributed by atoms with Crippen LogP contribution in [0.2, 0.25) is 0 Å². The van der Waals surface area contributed by atoms with E-state index in [0.29, 0.717) is 92.5 Å². The Morgan fingerprint density at radius 3 is 0.695 bits per heavy atom. The van der Waals surface area contributed by atoms with Crippen LogP contribution in [-0.2, 0) is 19.8 Å². The molecule has 9 aromatic heterocycles. The standard InChI is InChI=1S/C84H75N15O6/c100-82(94-43-13-40-85-64-49-76(70-16-1-7-34-88-70)97-77(50-64)71-17-2-8-35-89-71)61-22-28-67(29-23-61)103-55-58-46-59(56-104-68-30-24-62(25-31-68)83(101)95-44-14-41-86-65-51-78(72-18-3-9-36-90-72)98-79(52-65)73-19-4-10-37-91-73)48-60(47-58)57-105-69-32-26-63(27-33-69)84(102)96-45-15-42-87-66-53-80(74-20-5-11-38-92-74)99-81(54-66)75-21-6-12-39-93-75/h1-12,16-39,46-54H,13-15,40-45,55-57H2,(H,85,97)(H,86,98)(H,87,99)(H,94,100)(H,95,101)(H,96,102). The van der Waals surface area contributed by atoms with Gasteiger partial charge in [0.05, 0.1) is 68.3 Å². The fraction of sp³-hybridized carbons (Fsp3) is 0.143. The number of amides is 3. The maximum atomic E-state index is 13.3. The molecule has 9 heterocycles. The van der Waals surface area contributed by atoms with E-state index in [2.05, 4.69) is 61.8 Å². The van der Waals surface area contributed by atoms with Crippen molar-refractivity contribution in [2.45, 2.75) is 39.1 Å². The molecule has 13 aromatic rings. The Morgan fingerprint density at radius 2 is 0.486 bits per heavy atom. The van der Waals surface area contributed by atoms with E-state index >= 15 is 0 Å². The Labute approximate surface area is 608 Å². The van der Waals surface area contributed by atoms with E-state index in [-0.39, 0.29) is 37.5 Å². The first-order chi connectivity index (χ1) is 51.7. The van der Waals surface area contributed by atoms with Crippen LogP contribution < -0.4 is 46.1 Å². The van der Waals surface area contributed by atoms with Crippen molar-refractivity contribution in [1.82, 2.24) is 60.8 Å². The van der Waals surface area contributed by atoms with Gasteiger partial charge in [-0.2, -0.15) is 0 Å². The Morgan fingerprint density at radius 1 is 0.257 bits per heavy atom. The number of anilines is 3. The van der Waals surface area contributed by atoms with Crippen LogP contribution in [0.3, 0.4) is 0 Å². The Bertz CT molecular complexity index is 4300. The first-order valence-corrected chi connectivity index (χ1v) is 34.6. The normalized spacial score (nSPS) is 10.9. The number of nitrogens with one attached hydrogen (secondary N) is 6. The van der Waals surface area contributed by atoms with Crippen molar-refractivity contribution < 1.29 is 28.6 Å². The lowest BCUT2D eigenvalue weighted by Gasteiger charge is -2.14. The maximum absolute atomic E-state index is 13.3. The van der Waals surface area contributed by atoms with E-state index in [1.165, 1.54) is 0 Å². The van der Waals surface area contributed by atoms with Crippen molar-refractivity contribution in [3.63, 3.8) is 0 Å². The number of hydrogen-bond acceptors (Lipinski definition) is 18. The number of carbonyl (C=O) groups is 3. The fourth-order valence-corrected chi connectivity index (χ4v) is 11.3. The molecule has 522 valence electrons.